The van der Waals surface area contributed by atoms with Crippen molar-refractivity contribution in [2.45, 2.75) is 33.1 Å². The molecule has 3 rings (SSSR count). The van der Waals surface area contributed by atoms with Gasteiger partial charge in [0.2, 0.25) is 11.9 Å². The fourth-order valence-electron chi connectivity index (χ4n) is 3.83. The summed E-state index contributed by atoms with van der Waals surface area (Å²) in [7, 11) is 0. The highest BCUT2D eigenvalue weighted by Crippen LogP contribution is 2.16. The van der Waals surface area contributed by atoms with Crippen molar-refractivity contribution in [1.82, 2.24) is 25.1 Å². The van der Waals surface area contributed by atoms with Crippen LogP contribution in [0.5, 0.6) is 0 Å². The lowest BCUT2D eigenvalue weighted by Gasteiger charge is -2.36. The number of hydrogen-bond donors (Lipinski definition) is 1. The molecule has 2 aliphatic rings. The fourth-order valence-corrected chi connectivity index (χ4v) is 3.83. The molecule has 162 valence electrons. The number of piperidine rings is 1. The molecule has 1 aromatic rings. The molecule has 2 fully saturated rings. The van der Waals surface area contributed by atoms with Gasteiger partial charge in [0.15, 0.2) is 5.96 Å². The molecule has 1 aromatic heterocycles. The van der Waals surface area contributed by atoms with E-state index in [2.05, 4.69) is 38.9 Å². The molecule has 1 amide bonds. The molecule has 1 unspecified atom stereocenters. The van der Waals surface area contributed by atoms with Crippen LogP contribution in [-0.2, 0) is 4.79 Å². The highest BCUT2D eigenvalue weighted by molar-refractivity contribution is 14.0. The first-order valence-corrected chi connectivity index (χ1v) is 10.5. The van der Waals surface area contributed by atoms with Crippen molar-refractivity contribution in [2.75, 3.05) is 57.3 Å². The van der Waals surface area contributed by atoms with Crippen LogP contribution in [0.25, 0.3) is 0 Å². The topological polar surface area (TPSA) is 77.0 Å². The Morgan fingerprint density at radius 2 is 1.90 bits per heavy atom. The van der Waals surface area contributed by atoms with Crippen LogP contribution >= 0.6 is 24.0 Å². The van der Waals surface area contributed by atoms with E-state index >= 15 is 0 Å². The van der Waals surface area contributed by atoms with Crippen molar-refractivity contribution in [2.24, 2.45) is 10.9 Å². The summed E-state index contributed by atoms with van der Waals surface area (Å²) in [5.41, 5.74) is 0. The number of rotatable bonds is 5. The molecule has 0 bridgehead atoms. The van der Waals surface area contributed by atoms with Crippen molar-refractivity contribution < 1.29 is 4.79 Å². The quantitative estimate of drug-likeness (QED) is 0.367. The summed E-state index contributed by atoms with van der Waals surface area (Å²) in [4.78, 5) is 32.3. The van der Waals surface area contributed by atoms with Crippen LogP contribution < -0.4 is 10.2 Å². The molecule has 0 radical (unpaired) electrons. The van der Waals surface area contributed by atoms with Gasteiger partial charge in [0, 0.05) is 64.6 Å². The van der Waals surface area contributed by atoms with Gasteiger partial charge in [-0.15, -0.1) is 24.0 Å². The second-order valence-corrected chi connectivity index (χ2v) is 7.60. The molecular weight excluding hydrogens is 481 g/mol. The minimum atomic E-state index is 0. The maximum absolute atomic E-state index is 12.5. The van der Waals surface area contributed by atoms with Crippen molar-refractivity contribution >= 4 is 41.8 Å². The third kappa shape index (κ3) is 6.97. The van der Waals surface area contributed by atoms with Gasteiger partial charge in [0.25, 0.3) is 0 Å². The molecule has 0 aliphatic carbocycles. The highest BCUT2D eigenvalue weighted by atomic mass is 127. The Morgan fingerprint density at radius 1 is 1.17 bits per heavy atom. The molecule has 0 aromatic carbocycles. The molecule has 8 nitrogen and oxygen atoms in total. The Labute approximate surface area is 191 Å². The molecule has 0 saturated carbocycles. The van der Waals surface area contributed by atoms with Gasteiger partial charge in [-0.3, -0.25) is 9.79 Å². The standard InChI is InChI=1S/C20H33N7O.HI/c1-3-21-19(24-10-7-18(28)27-11-4-6-17(2)16-27)25-12-14-26(15-13-25)20-22-8-5-9-23-20;/h5,8-9,17H,3-4,6-7,10-16H2,1-2H3,(H,21,24);1H. The summed E-state index contributed by atoms with van der Waals surface area (Å²) in [6, 6.07) is 1.83. The van der Waals surface area contributed by atoms with Crippen LogP contribution in [0.2, 0.25) is 0 Å². The number of hydrogen-bond acceptors (Lipinski definition) is 5. The first-order chi connectivity index (χ1) is 13.7. The Bertz CT molecular complexity index is 649. The Morgan fingerprint density at radius 3 is 2.55 bits per heavy atom. The number of aromatic nitrogens is 2. The molecule has 1 atom stereocenters. The van der Waals surface area contributed by atoms with Crippen molar-refractivity contribution in [1.29, 1.82) is 0 Å². The molecular formula is C20H34IN7O. The maximum Gasteiger partial charge on any atom is 0.225 e. The summed E-state index contributed by atoms with van der Waals surface area (Å²) in [5, 5.41) is 3.37. The summed E-state index contributed by atoms with van der Waals surface area (Å²) in [6.07, 6.45) is 6.39. The Hall–Kier alpha value is -1.65. The number of likely N-dealkylation sites (tertiary alicyclic amines) is 1. The van der Waals surface area contributed by atoms with Gasteiger partial charge in [-0.1, -0.05) is 6.92 Å². The predicted molar refractivity (Wildman–Crippen MR) is 127 cm³/mol. The maximum atomic E-state index is 12.5. The van der Waals surface area contributed by atoms with Crippen molar-refractivity contribution in [3.63, 3.8) is 0 Å². The van der Waals surface area contributed by atoms with E-state index in [9.17, 15) is 4.79 Å². The highest BCUT2D eigenvalue weighted by Gasteiger charge is 2.22. The number of nitrogens with one attached hydrogen (secondary N) is 1. The number of amides is 1. The van der Waals surface area contributed by atoms with E-state index in [1.54, 1.807) is 12.4 Å². The van der Waals surface area contributed by atoms with Crippen LogP contribution in [0.3, 0.4) is 0 Å². The number of carbonyl (C=O) groups excluding carboxylic acids is 1. The van der Waals surface area contributed by atoms with E-state index in [1.165, 1.54) is 6.42 Å². The van der Waals surface area contributed by atoms with Gasteiger partial charge < -0.3 is 20.0 Å². The summed E-state index contributed by atoms with van der Waals surface area (Å²) in [5.74, 6) is 2.53. The zero-order valence-electron chi connectivity index (χ0n) is 17.6. The van der Waals surface area contributed by atoms with Crippen LogP contribution in [0.4, 0.5) is 5.95 Å². The first kappa shape index (κ1) is 23.6. The number of guanidine groups is 1. The van der Waals surface area contributed by atoms with Gasteiger partial charge in [-0.2, -0.15) is 0 Å². The number of anilines is 1. The van der Waals surface area contributed by atoms with E-state index < -0.39 is 0 Å². The first-order valence-electron chi connectivity index (χ1n) is 10.5. The SMILES string of the molecule is CCNC(=NCCC(=O)N1CCCC(C)C1)N1CCN(c2ncccn2)CC1.I. The van der Waals surface area contributed by atoms with E-state index in [1.807, 2.05) is 11.0 Å². The van der Waals surface area contributed by atoms with Gasteiger partial charge in [0.05, 0.1) is 6.54 Å². The number of piperazine rings is 1. The molecule has 1 N–H and O–H groups in total. The van der Waals surface area contributed by atoms with Gasteiger partial charge in [-0.25, -0.2) is 9.97 Å². The third-order valence-electron chi connectivity index (χ3n) is 5.35. The molecule has 3 heterocycles. The lowest BCUT2D eigenvalue weighted by atomic mass is 10.00. The Balaban J connectivity index is 0.00000300. The van der Waals surface area contributed by atoms with Crippen LogP contribution in [0.15, 0.2) is 23.5 Å². The average Bonchev–Trinajstić information content (AvgIpc) is 2.74. The zero-order chi connectivity index (χ0) is 19.8. The minimum Gasteiger partial charge on any atom is -0.357 e. The van der Waals surface area contributed by atoms with E-state index in [0.29, 0.717) is 18.9 Å². The molecule has 2 aliphatic heterocycles. The number of nitrogens with zero attached hydrogens (tertiary/aromatic N) is 6. The lowest BCUT2D eigenvalue weighted by molar-refractivity contribution is -0.132. The van der Waals surface area contributed by atoms with Gasteiger partial charge in [0.1, 0.15) is 0 Å². The van der Waals surface area contributed by atoms with E-state index in [4.69, 9.17) is 4.99 Å². The van der Waals surface area contributed by atoms with E-state index in [-0.39, 0.29) is 29.9 Å². The Kier molecular flexibility index (Phi) is 9.89. The second kappa shape index (κ2) is 12.1. The van der Waals surface area contributed by atoms with Crippen molar-refractivity contribution in [3.8, 4) is 0 Å². The van der Waals surface area contributed by atoms with Crippen LogP contribution in [0, 0.1) is 5.92 Å². The monoisotopic (exact) mass is 515 g/mol. The predicted octanol–water partition coefficient (Wildman–Crippen LogP) is 1.83. The van der Waals surface area contributed by atoms with Gasteiger partial charge in [-0.05, 0) is 31.7 Å². The van der Waals surface area contributed by atoms with Crippen LogP contribution in [0.1, 0.15) is 33.1 Å². The lowest BCUT2D eigenvalue weighted by Crippen LogP contribution is -2.53. The zero-order valence-corrected chi connectivity index (χ0v) is 19.9. The minimum absolute atomic E-state index is 0. The second-order valence-electron chi connectivity index (χ2n) is 7.60. The molecule has 2 saturated heterocycles. The molecule has 29 heavy (non-hydrogen) atoms. The number of carbonyl (C=O) groups is 1. The normalized spacial score (nSPS) is 20.3. The summed E-state index contributed by atoms with van der Waals surface area (Å²) >= 11 is 0. The average molecular weight is 515 g/mol. The number of halogens is 1. The largest absolute Gasteiger partial charge is 0.357 e. The summed E-state index contributed by atoms with van der Waals surface area (Å²) in [6.45, 7) is 10.9. The van der Waals surface area contributed by atoms with E-state index in [0.717, 1.165) is 64.1 Å². The van der Waals surface area contributed by atoms with Crippen LogP contribution in [-0.4, -0.2) is 84.0 Å². The fraction of sp³-hybridized carbons (Fsp3) is 0.700. The molecule has 0 spiro atoms. The van der Waals surface area contributed by atoms with Crippen molar-refractivity contribution in [3.05, 3.63) is 18.5 Å². The van der Waals surface area contributed by atoms with Gasteiger partial charge >= 0.3 is 0 Å². The summed E-state index contributed by atoms with van der Waals surface area (Å²) < 4.78 is 0. The molecule has 9 heteroatoms. The third-order valence-corrected chi connectivity index (χ3v) is 5.35. The number of aliphatic imine (C=N–C) groups is 1. The smallest absolute Gasteiger partial charge is 0.225 e.